The molecule has 126 valence electrons. The van der Waals surface area contributed by atoms with E-state index in [2.05, 4.69) is 5.32 Å². The molecule has 2 rings (SSSR count). The Bertz CT molecular complexity index is 857. The van der Waals surface area contributed by atoms with E-state index < -0.39 is 23.4 Å². The van der Waals surface area contributed by atoms with Gasteiger partial charge in [0.1, 0.15) is 0 Å². The number of esters is 1. The molecule has 0 bridgehead atoms. The summed E-state index contributed by atoms with van der Waals surface area (Å²) in [6.07, 6.45) is -0.311. The molecule has 0 heterocycles. The number of benzene rings is 2. The van der Waals surface area contributed by atoms with Crippen molar-refractivity contribution < 1.29 is 19.2 Å². The number of carbonyl (C=O) groups is 2. The Labute approximate surface area is 142 Å². The first-order chi connectivity index (χ1) is 12.0. The van der Waals surface area contributed by atoms with Gasteiger partial charge in [-0.3, -0.25) is 19.7 Å². The van der Waals surface area contributed by atoms with Gasteiger partial charge in [-0.1, -0.05) is 24.3 Å². The largest absolute Gasteiger partial charge is 0.455 e. The van der Waals surface area contributed by atoms with Gasteiger partial charge in [0.2, 0.25) is 0 Å². The first kappa shape index (κ1) is 17.6. The van der Waals surface area contributed by atoms with Crippen molar-refractivity contribution in [1.82, 2.24) is 0 Å². The fourth-order valence-corrected chi connectivity index (χ4v) is 2.05. The average Bonchev–Trinajstić information content (AvgIpc) is 2.60. The summed E-state index contributed by atoms with van der Waals surface area (Å²) in [5.74, 6) is -1.33. The number of nitrogens with zero attached hydrogens (tertiary/aromatic N) is 2. The standard InChI is InChI=1S/C17H13N3O5/c18-10-12-4-3-6-14(8-12)19-16(21)11-25-17(22)9-13-5-1-2-7-15(13)20(23)24/h1-8H,9,11H2,(H,19,21). The summed E-state index contributed by atoms with van der Waals surface area (Å²) in [6, 6.07) is 14.0. The third kappa shape index (κ3) is 5.14. The van der Waals surface area contributed by atoms with E-state index in [0.29, 0.717) is 11.3 Å². The Kier molecular flexibility index (Phi) is 5.79. The second-order valence-corrected chi connectivity index (χ2v) is 4.96. The van der Waals surface area contributed by atoms with Gasteiger partial charge in [-0.05, 0) is 18.2 Å². The van der Waals surface area contributed by atoms with E-state index in [4.69, 9.17) is 10.00 Å². The molecule has 0 unspecified atom stereocenters. The number of ether oxygens (including phenoxy) is 1. The number of nitrogens with one attached hydrogen (secondary N) is 1. The van der Waals surface area contributed by atoms with E-state index in [1.165, 1.54) is 24.3 Å². The van der Waals surface area contributed by atoms with Crippen molar-refractivity contribution in [1.29, 1.82) is 5.26 Å². The maximum atomic E-state index is 11.8. The van der Waals surface area contributed by atoms with E-state index in [0.717, 1.165) is 0 Å². The predicted octanol–water partition coefficient (Wildman–Crippen LogP) is 2.19. The van der Waals surface area contributed by atoms with Crippen LogP contribution < -0.4 is 5.32 Å². The molecular weight excluding hydrogens is 326 g/mol. The third-order valence-electron chi connectivity index (χ3n) is 3.16. The Hall–Kier alpha value is -3.73. The molecule has 0 spiro atoms. The Morgan fingerprint density at radius 2 is 1.96 bits per heavy atom. The van der Waals surface area contributed by atoms with Gasteiger partial charge in [0.25, 0.3) is 11.6 Å². The monoisotopic (exact) mass is 339 g/mol. The highest BCUT2D eigenvalue weighted by Gasteiger charge is 2.17. The predicted molar refractivity (Wildman–Crippen MR) is 87.5 cm³/mol. The minimum absolute atomic E-state index is 0.183. The zero-order valence-electron chi connectivity index (χ0n) is 13.0. The molecule has 1 amide bonds. The molecule has 0 aliphatic heterocycles. The highest BCUT2D eigenvalue weighted by Crippen LogP contribution is 2.18. The van der Waals surface area contributed by atoms with E-state index in [-0.39, 0.29) is 17.7 Å². The van der Waals surface area contributed by atoms with Crippen molar-refractivity contribution in [2.24, 2.45) is 0 Å². The van der Waals surface area contributed by atoms with Crippen molar-refractivity contribution in [3.8, 4) is 6.07 Å². The van der Waals surface area contributed by atoms with Gasteiger partial charge in [0.05, 0.1) is 23.0 Å². The van der Waals surface area contributed by atoms with Gasteiger partial charge in [-0.2, -0.15) is 5.26 Å². The number of anilines is 1. The van der Waals surface area contributed by atoms with Gasteiger partial charge in [0, 0.05) is 17.3 Å². The minimum Gasteiger partial charge on any atom is -0.455 e. The molecule has 25 heavy (non-hydrogen) atoms. The summed E-state index contributed by atoms with van der Waals surface area (Å²) in [6.45, 7) is -0.532. The molecule has 0 saturated carbocycles. The first-order valence-electron chi connectivity index (χ1n) is 7.17. The quantitative estimate of drug-likeness (QED) is 0.489. The fraction of sp³-hybridized carbons (Fsp3) is 0.118. The lowest BCUT2D eigenvalue weighted by Crippen LogP contribution is -2.21. The van der Waals surface area contributed by atoms with Gasteiger partial charge in [0.15, 0.2) is 6.61 Å². The SMILES string of the molecule is N#Cc1cccc(NC(=O)COC(=O)Cc2ccccc2[N+](=O)[O-])c1. The number of hydrogen-bond donors (Lipinski definition) is 1. The maximum Gasteiger partial charge on any atom is 0.311 e. The van der Waals surface area contributed by atoms with E-state index in [1.807, 2.05) is 6.07 Å². The number of nitro groups is 1. The Morgan fingerprint density at radius 1 is 1.20 bits per heavy atom. The van der Waals surface area contributed by atoms with Crippen LogP contribution in [0.5, 0.6) is 0 Å². The number of rotatable bonds is 6. The molecule has 0 atom stereocenters. The lowest BCUT2D eigenvalue weighted by molar-refractivity contribution is -0.385. The lowest BCUT2D eigenvalue weighted by Gasteiger charge is -2.07. The number of carbonyl (C=O) groups excluding carboxylic acids is 2. The highest BCUT2D eigenvalue weighted by atomic mass is 16.6. The van der Waals surface area contributed by atoms with Crippen LogP contribution in [0.3, 0.4) is 0 Å². The van der Waals surface area contributed by atoms with E-state index in [9.17, 15) is 19.7 Å². The van der Waals surface area contributed by atoms with Crippen molar-refractivity contribution in [2.45, 2.75) is 6.42 Å². The number of amides is 1. The molecule has 8 heteroatoms. The maximum absolute atomic E-state index is 11.8. The van der Waals surface area contributed by atoms with Crippen molar-refractivity contribution >= 4 is 23.3 Å². The summed E-state index contributed by atoms with van der Waals surface area (Å²) in [4.78, 5) is 33.8. The molecule has 1 N–H and O–H groups in total. The van der Waals surface area contributed by atoms with E-state index >= 15 is 0 Å². The molecular formula is C17H13N3O5. The molecule has 2 aromatic carbocycles. The average molecular weight is 339 g/mol. The summed E-state index contributed by atoms with van der Waals surface area (Å²) in [5.41, 5.74) is 0.807. The van der Waals surface area contributed by atoms with Crippen LogP contribution in [0.15, 0.2) is 48.5 Å². The van der Waals surface area contributed by atoms with Crippen LogP contribution in [-0.2, 0) is 20.7 Å². The summed E-state index contributed by atoms with van der Waals surface area (Å²) in [7, 11) is 0. The molecule has 8 nitrogen and oxygen atoms in total. The third-order valence-corrected chi connectivity index (χ3v) is 3.16. The van der Waals surface area contributed by atoms with Crippen molar-refractivity contribution in [2.75, 3.05) is 11.9 Å². The van der Waals surface area contributed by atoms with Crippen LogP contribution in [0.4, 0.5) is 11.4 Å². The molecule has 0 fully saturated rings. The van der Waals surface area contributed by atoms with Crippen LogP contribution in [0.1, 0.15) is 11.1 Å². The first-order valence-corrected chi connectivity index (χ1v) is 7.17. The zero-order chi connectivity index (χ0) is 18.2. The van der Waals surface area contributed by atoms with Crippen LogP contribution >= 0.6 is 0 Å². The van der Waals surface area contributed by atoms with Crippen LogP contribution in [0, 0.1) is 21.4 Å². The summed E-state index contributed by atoms with van der Waals surface area (Å²) >= 11 is 0. The van der Waals surface area contributed by atoms with Crippen LogP contribution in [0.2, 0.25) is 0 Å². The molecule has 0 radical (unpaired) electrons. The summed E-state index contributed by atoms with van der Waals surface area (Å²) in [5, 5.41) is 22.2. The zero-order valence-corrected chi connectivity index (χ0v) is 13.0. The second-order valence-electron chi connectivity index (χ2n) is 4.96. The van der Waals surface area contributed by atoms with Gasteiger partial charge in [-0.25, -0.2) is 0 Å². The number of hydrogen-bond acceptors (Lipinski definition) is 6. The highest BCUT2D eigenvalue weighted by molar-refractivity contribution is 5.93. The van der Waals surface area contributed by atoms with Gasteiger partial charge >= 0.3 is 5.97 Å². The molecule has 0 aromatic heterocycles. The fourth-order valence-electron chi connectivity index (χ4n) is 2.05. The summed E-state index contributed by atoms with van der Waals surface area (Å²) < 4.78 is 4.83. The number of para-hydroxylation sites is 1. The van der Waals surface area contributed by atoms with Crippen LogP contribution in [-0.4, -0.2) is 23.4 Å². The van der Waals surface area contributed by atoms with Gasteiger partial charge < -0.3 is 10.1 Å². The second kappa shape index (κ2) is 8.21. The lowest BCUT2D eigenvalue weighted by atomic mass is 10.1. The smallest absolute Gasteiger partial charge is 0.311 e. The molecule has 0 saturated heterocycles. The topological polar surface area (TPSA) is 122 Å². The Balaban J connectivity index is 1.88. The minimum atomic E-state index is -0.754. The molecule has 0 aliphatic rings. The van der Waals surface area contributed by atoms with Crippen LogP contribution in [0.25, 0.3) is 0 Å². The molecule has 0 aliphatic carbocycles. The normalized spacial score (nSPS) is 9.72. The van der Waals surface area contributed by atoms with Crippen molar-refractivity contribution in [3.05, 3.63) is 69.8 Å². The number of nitriles is 1. The van der Waals surface area contributed by atoms with Crippen molar-refractivity contribution in [3.63, 3.8) is 0 Å². The Morgan fingerprint density at radius 3 is 2.68 bits per heavy atom. The molecule has 2 aromatic rings. The van der Waals surface area contributed by atoms with E-state index in [1.54, 1.807) is 24.3 Å². The number of nitro benzene ring substituents is 1. The van der Waals surface area contributed by atoms with Gasteiger partial charge in [-0.15, -0.1) is 0 Å².